The molecule has 5 rings (SSSR count). The summed E-state index contributed by atoms with van der Waals surface area (Å²) in [6, 6.07) is 21.5. The van der Waals surface area contributed by atoms with Gasteiger partial charge >= 0.3 is 0 Å². The number of benzene rings is 2. The third-order valence-corrected chi connectivity index (χ3v) is 6.91. The highest BCUT2D eigenvalue weighted by molar-refractivity contribution is 8.00. The Labute approximate surface area is 197 Å². The molecule has 1 atom stereocenters. The number of thiazole rings is 1. The quantitative estimate of drug-likeness (QED) is 0.247. The first kappa shape index (κ1) is 21.0. The molecule has 3 heterocycles. The van der Waals surface area contributed by atoms with Crippen molar-refractivity contribution in [1.29, 1.82) is 5.26 Å². The second-order valence-electron chi connectivity index (χ2n) is 7.06. The minimum atomic E-state index is -0.913. The summed E-state index contributed by atoms with van der Waals surface area (Å²) in [5, 5.41) is 17.9. The molecule has 9 heteroatoms. The Morgan fingerprint density at radius 3 is 2.61 bits per heavy atom. The molecular formula is C24H16N6OS2. The largest absolute Gasteiger partial charge is 0.297 e. The first-order valence-corrected chi connectivity index (χ1v) is 11.9. The van der Waals surface area contributed by atoms with E-state index in [4.69, 9.17) is 0 Å². The molecule has 160 valence electrons. The smallest absolute Gasteiger partial charge is 0.167 e. The second-order valence-corrected chi connectivity index (χ2v) is 8.92. The van der Waals surface area contributed by atoms with Gasteiger partial charge in [-0.05, 0) is 12.1 Å². The summed E-state index contributed by atoms with van der Waals surface area (Å²) in [5.74, 6) is -1.02. The first-order valence-electron chi connectivity index (χ1n) is 10.0. The number of nitriles is 1. The first-order chi connectivity index (χ1) is 16.2. The predicted octanol–water partition coefficient (Wildman–Crippen LogP) is 4.91. The van der Waals surface area contributed by atoms with Gasteiger partial charge in [-0.25, -0.2) is 19.6 Å². The van der Waals surface area contributed by atoms with Gasteiger partial charge < -0.3 is 0 Å². The Morgan fingerprint density at radius 1 is 1.09 bits per heavy atom. The maximum atomic E-state index is 12.9. The van der Waals surface area contributed by atoms with Gasteiger partial charge in [-0.2, -0.15) is 10.4 Å². The predicted molar refractivity (Wildman–Crippen MR) is 128 cm³/mol. The van der Waals surface area contributed by atoms with Crippen molar-refractivity contribution < 1.29 is 4.79 Å². The molecular weight excluding hydrogens is 452 g/mol. The van der Waals surface area contributed by atoms with Gasteiger partial charge in [-0.3, -0.25) is 4.79 Å². The summed E-state index contributed by atoms with van der Waals surface area (Å²) in [4.78, 5) is 26.2. The molecule has 0 spiro atoms. The van der Waals surface area contributed by atoms with Crippen molar-refractivity contribution in [3.05, 3.63) is 83.6 Å². The van der Waals surface area contributed by atoms with E-state index in [-0.39, 0.29) is 11.5 Å². The van der Waals surface area contributed by atoms with Gasteiger partial charge in [-0.15, -0.1) is 11.3 Å². The Balaban J connectivity index is 1.34. The normalized spacial score (nSPS) is 11.8. The summed E-state index contributed by atoms with van der Waals surface area (Å²) >= 11 is 2.61. The van der Waals surface area contributed by atoms with Crippen LogP contribution in [0.2, 0.25) is 0 Å². The molecule has 0 amide bonds. The van der Waals surface area contributed by atoms with Crippen LogP contribution in [0.15, 0.2) is 83.6 Å². The van der Waals surface area contributed by atoms with E-state index in [0.29, 0.717) is 15.7 Å². The van der Waals surface area contributed by atoms with Crippen molar-refractivity contribution in [2.75, 3.05) is 5.75 Å². The van der Waals surface area contributed by atoms with Crippen molar-refractivity contribution in [3.8, 4) is 23.0 Å². The number of nitrogens with zero attached hydrogens (tertiary/aromatic N) is 6. The lowest BCUT2D eigenvalue weighted by molar-refractivity contribution is -0.116. The topological polar surface area (TPSA) is 97.4 Å². The van der Waals surface area contributed by atoms with Crippen molar-refractivity contribution in [2.45, 2.75) is 10.9 Å². The van der Waals surface area contributed by atoms with E-state index in [9.17, 15) is 10.1 Å². The number of fused-ring (bicyclic) bond motifs is 1. The Hall–Kier alpha value is -3.87. The van der Waals surface area contributed by atoms with Gasteiger partial charge in [0.15, 0.2) is 17.3 Å². The van der Waals surface area contributed by atoms with Gasteiger partial charge in [0.25, 0.3) is 0 Å². The van der Waals surface area contributed by atoms with E-state index in [1.165, 1.54) is 29.4 Å². The second kappa shape index (κ2) is 9.32. The number of Topliss-reactive ketones (excluding diaryl/α,β-unsaturated/α-hetero) is 1. The third-order valence-electron chi connectivity index (χ3n) is 4.97. The lowest BCUT2D eigenvalue weighted by atomic mass is 10.1. The van der Waals surface area contributed by atoms with Crippen LogP contribution in [0.5, 0.6) is 0 Å². The molecule has 0 aliphatic carbocycles. The number of hydrogen-bond acceptors (Lipinski definition) is 8. The van der Waals surface area contributed by atoms with Gasteiger partial charge in [0, 0.05) is 10.9 Å². The lowest BCUT2D eigenvalue weighted by Gasteiger charge is -2.06. The van der Waals surface area contributed by atoms with Crippen LogP contribution in [0.3, 0.4) is 0 Å². The molecule has 0 radical (unpaired) electrons. The fourth-order valence-electron chi connectivity index (χ4n) is 3.35. The zero-order valence-electron chi connectivity index (χ0n) is 17.2. The number of rotatable bonds is 7. The molecule has 0 aliphatic rings. The molecule has 0 bridgehead atoms. The number of carbonyl (C=O) groups is 1. The van der Waals surface area contributed by atoms with Crippen molar-refractivity contribution in [1.82, 2.24) is 24.7 Å². The maximum absolute atomic E-state index is 12.9. The van der Waals surface area contributed by atoms with Gasteiger partial charge in [0.2, 0.25) is 0 Å². The van der Waals surface area contributed by atoms with Crippen LogP contribution < -0.4 is 0 Å². The number of ketones is 1. The van der Waals surface area contributed by atoms with E-state index in [0.717, 1.165) is 22.3 Å². The minimum absolute atomic E-state index is 0.0983. The molecule has 5 aromatic rings. The molecule has 33 heavy (non-hydrogen) atoms. The monoisotopic (exact) mass is 468 g/mol. The van der Waals surface area contributed by atoms with Crippen LogP contribution in [0, 0.1) is 11.3 Å². The molecule has 2 aromatic carbocycles. The number of thioether (sulfide) groups is 1. The van der Waals surface area contributed by atoms with Crippen molar-refractivity contribution in [3.63, 3.8) is 0 Å². The lowest BCUT2D eigenvalue weighted by Crippen LogP contribution is -2.13. The van der Waals surface area contributed by atoms with E-state index in [2.05, 4.69) is 26.1 Å². The summed E-state index contributed by atoms with van der Waals surface area (Å²) in [5.41, 5.74) is 3.27. The standard InChI is InChI=1S/C24H16N6OS2/c25-11-18(24-29-20(13-32-24)16-7-3-1-4-8-16)21(31)14-33-23-19-12-28-30(22(19)26-15-27-23)17-9-5-2-6-10-17/h1-10,12-13,15,18H,14H2. The van der Waals surface area contributed by atoms with E-state index >= 15 is 0 Å². The van der Waals surface area contributed by atoms with Crippen LogP contribution in [-0.4, -0.2) is 36.3 Å². The highest BCUT2D eigenvalue weighted by Gasteiger charge is 2.24. The van der Waals surface area contributed by atoms with Crippen molar-refractivity contribution >= 4 is 39.9 Å². The van der Waals surface area contributed by atoms with E-state index in [1.54, 1.807) is 10.9 Å². The molecule has 0 aliphatic heterocycles. The molecule has 0 saturated heterocycles. The van der Waals surface area contributed by atoms with Crippen LogP contribution in [-0.2, 0) is 4.79 Å². The summed E-state index contributed by atoms with van der Waals surface area (Å²) < 4.78 is 1.74. The van der Waals surface area contributed by atoms with Gasteiger partial charge in [0.1, 0.15) is 16.4 Å². The highest BCUT2D eigenvalue weighted by atomic mass is 32.2. The Morgan fingerprint density at radius 2 is 1.85 bits per heavy atom. The van der Waals surface area contributed by atoms with Gasteiger partial charge in [-0.1, -0.05) is 60.3 Å². The molecule has 0 N–H and O–H groups in total. The number of aromatic nitrogens is 5. The third kappa shape index (κ3) is 4.26. The number of hydrogen-bond donors (Lipinski definition) is 0. The Bertz CT molecular complexity index is 1460. The zero-order valence-corrected chi connectivity index (χ0v) is 18.8. The van der Waals surface area contributed by atoms with Gasteiger partial charge in [0.05, 0.1) is 34.8 Å². The minimum Gasteiger partial charge on any atom is -0.297 e. The summed E-state index contributed by atoms with van der Waals surface area (Å²) in [6.45, 7) is 0. The molecule has 0 fully saturated rings. The fourth-order valence-corrected chi connectivity index (χ4v) is 5.10. The maximum Gasteiger partial charge on any atom is 0.167 e. The molecule has 3 aromatic heterocycles. The SMILES string of the molecule is N#CC(C(=O)CSc1ncnc2c1cnn2-c1ccccc1)c1nc(-c2ccccc2)cs1. The summed E-state index contributed by atoms with van der Waals surface area (Å²) in [7, 11) is 0. The fraction of sp³-hybridized carbons (Fsp3) is 0.0833. The molecule has 0 saturated carbocycles. The van der Waals surface area contributed by atoms with E-state index < -0.39 is 5.92 Å². The van der Waals surface area contributed by atoms with E-state index in [1.807, 2.05) is 66.0 Å². The van der Waals surface area contributed by atoms with Crippen molar-refractivity contribution in [2.24, 2.45) is 0 Å². The average Bonchev–Trinajstić information content (AvgIpc) is 3.52. The van der Waals surface area contributed by atoms with Crippen LogP contribution >= 0.6 is 23.1 Å². The number of carbonyl (C=O) groups excluding carboxylic acids is 1. The zero-order chi connectivity index (χ0) is 22.6. The highest BCUT2D eigenvalue weighted by Crippen LogP contribution is 2.30. The Kier molecular flexibility index (Phi) is 5.93. The average molecular weight is 469 g/mol. The van der Waals surface area contributed by atoms with Crippen LogP contribution in [0.4, 0.5) is 0 Å². The van der Waals surface area contributed by atoms with Crippen LogP contribution in [0.25, 0.3) is 28.0 Å². The molecule has 1 unspecified atom stereocenters. The number of para-hydroxylation sites is 1. The molecule has 7 nitrogen and oxygen atoms in total. The van der Waals surface area contributed by atoms with Crippen LogP contribution in [0.1, 0.15) is 10.9 Å². The summed E-state index contributed by atoms with van der Waals surface area (Å²) in [6.07, 6.45) is 3.16.